The molecule has 26 heavy (non-hydrogen) atoms. The third-order valence-electron chi connectivity index (χ3n) is 3.50. The molecule has 0 bridgehead atoms. The Hall–Kier alpha value is -2.58. The van der Waals surface area contributed by atoms with E-state index in [0.29, 0.717) is 5.13 Å². The number of thioether (sulfide) groups is 1. The van der Waals surface area contributed by atoms with Crippen LogP contribution in [-0.2, 0) is 4.79 Å². The molecule has 0 atom stereocenters. The van der Waals surface area contributed by atoms with Gasteiger partial charge in [0.2, 0.25) is 11.0 Å². The van der Waals surface area contributed by atoms with E-state index in [1.807, 2.05) is 55.5 Å². The monoisotopic (exact) mass is 386 g/mol. The van der Waals surface area contributed by atoms with E-state index >= 15 is 0 Å². The molecule has 1 heterocycles. The first kappa shape index (κ1) is 18.2. The molecule has 0 saturated carbocycles. The van der Waals surface area contributed by atoms with Crippen LogP contribution in [-0.4, -0.2) is 29.0 Å². The molecule has 0 aliphatic heterocycles. The van der Waals surface area contributed by atoms with Crippen LogP contribution in [0.2, 0.25) is 0 Å². The molecule has 8 heteroatoms. The fourth-order valence-electron chi connectivity index (χ4n) is 2.21. The summed E-state index contributed by atoms with van der Waals surface area (Å²) in [6.07, 6.45) is 0. The molecule has 0 aliphatic rings. The Morgan fingerprint density at radius 1 is 1.12 bits per heavy atom. The number of hydrogen-bond acceptors (Lipinski definition) is 7. The minimum absolute atomic E-state index is 0.0706. The lowest BCUT2D eigenvalue weighted by Gasteiger charge is -2.07. The van der Waals surface area contributed by atoms with Crippen LogP contribution < -0.4 is 15.4 Å². The van der Waals surface area contributed by atoms with E-state index < -0.39 is 0 Å². The second-order valence-corrected chi connectivity index (χ2v) is 7.55. The summed E-state index contributed by atoms with van der Waals surface area (Å²) in [5.41, 5.74) is 2.68. The Morgan fingerprint density at radius 2 is 1.85 bits per heavy atom. The van der Waals surface area contributed by atoms with Gasteiger partial charge in [-0.15, -0.1) is 10.2 Å². The minimum Gasteiger partial charge on any atom is -0.495 e. The van der Waals surface area contributed by atoms with Gasteiger partial charge in [-0.05, 0) is 30.7 Å². The number of aryl methyl sites for hydroxylation is 1. The van der Waals surface area contributed by atoms with Crippen molar-refractivity contribution in [1.82, 2.24) is 10.2 Å². The van der Waals surface area contributed by atoms with Gasteiger partial charge in [0.1, 0.15) is 5.75 Å². The minimum atomic E-state index is -0.0706. The van der Waals surface area contributed by atoms with Crippen LogP contribution >= 0.6 is 23.1 Å². The lowest BCUT2D eigenvalue weighted by Crippen LogP contribution is -2.14. The number of nitrogens with zero attached hydrogens (tertiary/aromatic N) is 2. The first-order chi connectivity index (χ1) is 12.7. The van der Waals surface area contributed by atoms with Crippen molar-refractivity contribution in [3.05, 3.63) is 54.1 Å². The summed E-state index contributed by atoms with van der Waals surface area (Å²) >= 11 is 2.75. The van der Waals surface area contributed by atoms with Crippen molar-refractivity contribution < 1.29 is 9.53 Å². The summed E-state index contributed by atoms with van der Waals surface area (Å²) in [6.45, 7) is 1.96. The summed E-state index contributed by atoms with van der Waals surface area (Å²) in [4.78, 5) is 12.1. The average molecular weight is 387 g/mol. The molecular weight excluding hydrogens is 368 g/mol. The van der Waals surface area contributed by atoms with Crippen LogP contribution in [0.3, 0.4) is 0 Å². The molecule has 2 aromatic carbocycles. The van der Waals surface area contributed by atoms with E-state index in [-0.39, 0.29) is 11.7 Å². The fraction of sp³-hybridized carbons (Fsp3) is 0.167. The number of rotatable bonds is 7. The molecule has 0 fully saturated rings. The highest BCUT2D eigenvalue weighted by Gasteiger charge is 2.10. The Morgan fingerprint density at radius 3 is 2.62 bits per heavy atom. The molecule has 2 N–H and O–H groups in total. The van der Waals surface area contributed by atoms with E-state index in [1.54, 1.807) is 7.11 Å². The fourth-order valence-corrected chi connectivity index (χ4v) is 3.77. The van der Waals surface area contributed by atoms with Crippen molar-refractivity contribution in [3.63, 3.8) is 0 Å². The summed E-state index contributed by atoms with van der Waals surface area (Å²) < 4.78 is 6.03. The first-order valence-corrected chi connectivity index (χ1v) is 9.68. The second kappa shape index (κ2) is 8.68. The van der Waals surface area contributed by atoms with Gasteiger partial charge in [-0.1, -0.05) is 53.4 Å². The number of amides is 1. The van der Waals surface area contributed by atoms with Crippen molar-refractivity contribution in [2.75, 3.05) is 23.5 Å². The highest BCUT2D eigenvalue weighted by molar-refractivity contribution is 8.01. The van der Waals surface area contributed by atoms with Gasteiger partial charge in [0.05, 0.1) is 18.6 Å². The van der Waals surface area contributed by atoms with Gasteiger partial charge in [-0.3, -0.25) is 4.79 Å². The van der Waals surface area contributed by atoms with Gasteiger partial charge < -0.3 is 15.4 Å². The number of aromatic nitrogens is 2. The van der Waals surface area contributed by atoms with Gasteiger partial charge in [0, 0.05) is 5.69 Å². The number of ether oxygens (including phenoxy) is 1. The summed E-state index contributed by atoms with van der Waals surface area (Å²) in [7, 11) is 1.62. The van der Waals surface area contributed by atoms with E-state index in [2.05, 4.69) is 20.8 Å². The molecule has 1 aromatic heterocycles. The van der Waals surface area contributed by atoms with Gasteiger partial charge in [-0.2, -0.15) is 0 Å². The van der Waals surface area contributed by atoms with E-state index in [1.165, 1.54) is 23.1 Å². The topological polar surface area (TPSA) is 76.1 Å². The Balaban J connectivity index is 1.55. The zero-order chi connectivity index (χ0) is 18.4. The molecular formula is C18H18N4O2S2. The number of hydrogen-bond donors (Lipinski definition) is 2. The van der Waals surface area contributed by atoms with Gasteiger partial charge in [-0.25, -0.2) is 0 Å². The van der Waals surface area contributed by atoms with E-state index in [9.17, 15) is 4.79 Å². The second-order valence-electron chi connectivity index (χ2n) is 5.35. The quantitative estimate of drug-likeness (QED) is 0.589. The molecule has 6 nitrogen and oxygen atoms in total. The maximum atomic E-state index is 12.1. The molecule has 1 amide bonds. The van der Waals surface area contributed by atoms with Crippen molar-refractivity contribution in [3.8, 4) is 5.75 Å². The molecule has 0 aliphatic carbocycles. The van der Waals surface area contributed by atoms with Crippen molar-refractivity contribution in [2.24, 2.45) is 0 Å². The maximum absolute atomic E-state index is 12.1. The zero-order valence-corrected chi connectivity index (χ0v) is 16.0. The van der Waals surface area contributed by atoms with Gasteiger partial charge in [0.15, 0.2) is 4.34 Å². The third kappa shape index (κ3) is 4.74. The van der Waals surface area contributed by atoms with Crippen LogP contribution in [0.4, 0.5) is 16.5 Å². The van der Waals surface area contributed by atoms with Crippen molar-refractivity contribution in [2.45, 2.75) is 11.3 Å². The number of methoxy groups -OCH3 is 1. The molecule has 3 aromatic rings. The largest absolute Gasteiger partial charge is 0.495 e. The molecule has 0 spiro atoms. The number of carbonyl (C=O) groups is 1. The molecule has 0 unspecified atom stereocenters. The third-order valence-corrected chi connectivity index (χ3v) is 5.47. The number of benzene rings is 2. The van der Waals surface area contributed by atoms with Crippen LogP contribution in [0.15, 0.2) is 52.9 Å². The van der Waals surface area contributed by atoms with Crippen molar-refractivity contribution in [1.29, 1.82) is 0 Å². The number of nitrogens with one attached hydrogen (secondary N) is 2. The summed E-state index contributed by atoms with van der Waals surface area (Å²) in [6, 6.07) is 15.3. The Kier molecular flexibility index (Phi) is 6.08. The van der Waals surface area contributed by atoms with Crippen LogP contribution in [0.1, 0.15) is 5.56 Å². The summed E-state index contributed by atoms with van der Waals surface area (Å²) in [5, 5.41) is 15.0. The molecule has 134 valence electrons. The lowest BCUT2D eigenvalue weighted by atomic mass is 10.2. The molecule has 0 saturated heterocycles. The lowest BCUT2D eigenvalue weighted by molar-refractivity contribution is -0.113. The predicted molar refractivity (Wildman–Crippen MR) is 107 cm³/mol. The highest BCUT2D eigenvalue weighted by atomic mass is 32.2. The first-order valence-electron chi connectivity index (χ1n) is 7.87. The van der Waals surface area contributed by atoms with Crippen LogP contribution in [0, 0.1) is 6.92 Å². The van der Waals surface area contributed by atoms with Crippen molar-refractivity contribution >= 4 is 45.5 Å². The molecule has 3 rings (SSSR count). The predicted octanol–water partition coefficient (Wildman–Crippen LogP) is 4.33. The normalized spacial score (nSPS) is 10.4. The van der Waals surface area contributed by atoms with Crippen LogP contribution in [0.5, 0.6) is 5.75 Å². The van der Waals surface area contributed by atoms with Crippen LogP contribution in [0.25, 0.3) is 0 Å². The number of anilines is 3. The Labute approximate surface area is 160 Å². The number of carbonyl (C=O) groups excluding carboxylic acids is 1. The standard InChI is InChI=1S/C18H18N4O2S2/c1-12-7-3-4-8-13(12)19-16(23)11-25-18-22-21-17(26-18)20-14-9-5-6-10-15(14)24-2/h3-10H,11H2,1-2H3,(H,19,23)(H,20,21). The molecule has 0 radical (unpaired) electrons. The smallest absolute Gasteiger partial charge is 0.234 e. The Bertz CT molecular complexity index is 898. The average Bonchev–Trinajstić information content (AvgIpc) is 3.10. The van der Waals surface area contributed by atoms with E-state index in [4.69, 9.17) is 4.74 Å². The van der Waals surface area contributed by atoms with E-state index in [0.717, 1.165) is 27.0 Å². The maximum Gasteiger partial charge on any atom is 0.234 e. The van der Waals surface area contributed by atoms with Gasteiger partial charge in [0.25, 0.3) is 0 Å². The zero-order valence-electron chi connectivity index (χ0n) is 14.4. The number of para-hydroxylation sites is 3. The van der Waals surface area contributed by atoms with Gasteiger partial charge >= 0.3 is 0 Å². The highest BCUT2D eigenvalue weighted by Crippen LogP contribution is 2.31. The SMILES string of the molecule is COc1ccccc1Nc1nnc(SCC(=O)Nc2ccccc2C)s1. The summed E-state index contributed by atoms with van der Waals surface area (Å²) in [5.74, 6) is 0.936.